The van der Waals surface area contributed by atoms with E-state index in [-0.39, 0.29) is 18.0 Å². The van der Waals surface area contributed by atoms with Gasteiger partial charge in [0.1, 0.15) is 12.1 Å². The van der Waals surface area contributed by atoms with Crippen molar-refractivity contribution in [1.29, 1.82) is 0 Å². The number of carboxylic acid groups (broad SMARTS) is 1. The molecule has 2 aromatic rings. The number of ether oxygens (including phenoxy) is 2. The molecule has 8 nitrogen and oxygen atoms in total. The average molecular weight is 643 g/mol. The van der Waals surface area contributed by atoms with Crippen molar-refractivity contribution < 1.29 is 37.3 Å². The minimum absolute atomic E-state index is 0.0200. The molecule has 0 unspecified atom stereocenters. The fourth-order valence-corrected chi connectivity index (χ4v) is 6.58. The van der Waals surface area contributed by atoms with Crippen LogP contribution in [-0.4, -0.2) is 58.8 Å². The Bertz CT molecular complexity index is 1260. The van der Waals surface area contributed by atoms with Gasteiger partial charge in [-0.15, -0.1) is 0 Å². The van der Waals surface area contributed by atoms with Gasteiger partial charge in [-0.25, -0.2) is 9.78 Å². The number of hydrogen-bond donors (Lipinski definition) is 2. The van der Waals surface area contributed by atoms with Crippen LogP contribution in [0, 0.1) is 11.3 Å². The molecule has 2 fully saturated rings. The molecule has 0 saturated carbocycles. The highest BCUT2D eigenvalue weighted by molar-refractivity contribution is 9.10. The van der Waals surface area contributed by atoms with Crippen LogP contribution in [0.1, 0.15) is 62.8 Å². The van der Waals surface area contributed by atoms with E-state index in [2.05, 4.69) is 26.2 Å². The number of likely N-dealkylation sites (tertiary alicyclic amines) is 1. The summed E-state index contributed by atoms with van der Waals surface area (Å²) >= 11 is 3.58. The van der Waals surface area contributed by atoms with E-state index in [1.165, 1.54) is 12.0 Å². The number of methoxy groups -OCH3 is 1. The topological polar surface area (TPSA) is 101 Å². The van der Waals surface area contributed by atoms with Crippen LogP contribution in [0.15, 0.2) is 41.0 Å². The Morgan fingerprint density at radius 3 is 2.49 bits per heavy atom. The number of pyridine rings is 1. The second kappa shape index (κ2) is 12.3. The Kier molecular flexibility index (Phi) is 9.35. The second-order valence-corrected chi connectivity index (χ2v) is 12.4. The number of nitrogens with zero attached hydrogens (tertiary/aromatic N) is 2. The molecule has 1 amide bonds. The summed E-state index contributed by atoms with van der Waals surface area (Å²) in [5.41, 5.74) is -0.709. The number of nitrogens with one attached hydrogen (secondary N) is 1. The van der Waals surface area contributed by atoms with Crippen LogP contribution in [0.25, 0.3) is 0 Å². The molecule has 0 bridgehead atoms. The second-order valence-electron chi connectivity index (χ2n) is 11.5. The van der Waals surface area contributed by atoms with Gasteiger partial charge in [0.25, 0.3) is 5.91 Å². The SMILES string of the molecule is COc1ncc(C(F)(F)F)cc1CN[C@H]1[C@H](C(C)(C)C)[C@@H](C(=O)O)N(C(=O)[C@@H]2CCCCO2)[C@H]1c1ccccc1Br. The zero-order valence-corrected chi connectivity index (χ0v) is 25.0. The van der Waals surface area contributed by atoms with Crippen molar-refractivity contribution in [3.05, 3.63) is 57.7 Å². The van der Waals surface area contributed by atoms with Gasteiger partial charge in [-0.3, -0.25) is 4.79 Å². The van der Waals surface area contributed by atoms with Crippen molar-refractivity contribution in [3.63, 3.8) is 0 Å². The van der Waals surface area contributed by atoms with E-state index in [0.717, 1.165) is 18.9 Å². The molecule has 5 atom stereocenters. The van der Waals surface area contributed by atoms with E-state index in [0.29, 0.717) is 29.3 Å². The first-order chi connectivity index (χ1) is 19.3. The number of halogens is 4. The van der Waals surface area contributed by atoms with E-state index in [9.17, 15) is 27.9 Å². The molecule has 2 saturated heterocycles. The third-order valence-corrected chi connectivity index (χ3v) is 8.55. The number of carboxylic acids is 1. The first-order valence-corrected chi connectivity index (χ1v) is 14.3. The summed E-state index contributed by atoms with van der Waals surface area (Å²) in [4.78, 5) is 32.3. The molecule has 0 radical (unpaired) electrons. The lowest BCUT2D eigenvalue weighted by Crippen LogP contribution is -2.51. The highest BCUT2D eigenvalue weighted by Crippen LogP contribution is 2.50. The lowest BCUT2D eigenvalue weighted by molar-refractivity contribution is -0.159. The summed E-state index contributed by atoms with van der Waals surface area (Å²) in [6.45, 7) is 6.01. The maximum atomic E-state index is 14.1. The van der Waals surface area contributed by atoms with Crippen LogP contribution >= 0.6 is 15.9 Å². The Balaban J connectivity index is 1.84. The number of alkyl halides is 3. The molecule has 0 aliphatic carbocycles. The van der Waals surface area contributed by atoms with Crippen molar-refractivity contribution in [2.45, 2.75) is 77.0 Å². The van der Waals surface area contributed by atoms with Gasteiger partial charge in [0, 0.05) is 41.3 Å². The summed E-state index contributed by atoms with van der Waals surface area (Å²) < 4.78 is 52.3. The van der Waals surface area contributed by atoms with Gasteiger partial charge in [-0.1, -0.05) is 54.9 Å². The lowest BCUT2D eigenvalue weighted by Gasteiger charge is -2.36. The number of carbonyl (C=O) groups excluding carboxylic acids is 1. The number of amides is 1. The Hall–Kier alpha value is -2.70. The minimum atomic E-state index is -4.61. The van der Waals surface area contributed by atoms with Gasteiger partial charge in [0.15, 0.2) is 0 Å². The van der Waals surface area contributed by atoms with Gasteiger partial charge in [-0.2, -0.15) is 13.2 Å². The van der Waals surface area contributed by atoms with Gasteiger partial charge in [-0.05, 0) is 42.4 Å². The molecule has 3 heterocycles. The van der Waals surface area contributed by atoms with E-state index in [4.69, 9.17) is 9.47 Å². The predicted molar refractivity (Wildman–Crippen MR) is 148 cm³/mol. The number of hydrogen-bond acceptors (Lipinski definition) is 6. The van der Waals surface area contributed by atoms with Crippen molar-refractivity contribution in [2.75, 3.05) is 13.7 Å². The van der Waals surface area contributed by atoms with Crippen molar-refractivity contribution in [2.24, 2.45) is 11.3 Å². The number of aromatic nitrogens is 1. The number of benzene rings is 1. The van der Waals surface area contributed by atoms with Gasteiger partial charge in [0.05, 0.1) is 18.7 Å². The van der Waals surface area contributed by atoms with E-state index < -0.39 is 59.2 Å². The molecule has 41 heavy (non-hydrogen) atoms. The van der Waals surface area contributed by atoms with E-state index >= 15 is 0 Å². The predicted octanol–water partition coefficient (Wildman–Crippen LogP) is 5.60. The van der Waals surface area contributed by atoms with E-state index in [1.54, 1.807) is 6.07 Å². The van der Waals surface area contributed by atoms with Crippen LogP contribution in [0.2, 0.25) is 0 Å². The molecule has 0 spiro atoms. The first-order valence-electron chi connectivity index (χ1n) is 13.5. The molecule has 1 aromatic carbocycles. The van der Waals surface area contributed by atoms with Crippen molar-refractivity contribution in [1.82, 2.24) is 15.2 Å². The molecule has 2 aliphatic rings. The van der Waals surface area contributed by atoms with Crippen molar-refractivity contribution >= 4 is 27.8 Å². The average Bonchev–Trinajstić information content (AvgIpc) is 3.27. The molecule has 224 valence electrons. The quantitative estimate of drug-likeness (QED) is 0.406. The standard InChI is InChI=1S/C29H35BrF3N3O5/c1-28(2,3)21-22(34-14-16-13-17(29(31,32)33)15-35-25(16)40-4)23(18-9-5-6-10-19(18)30)36(24(21)27(38)39)26(37)20-11-7-8-12-41-20/h5-6,9-10,13,15,20-24,34H,7-8,11-12,14H2,1-4H3,(H,38,39)/t20-,21-,22-,23-,24-/m0/s1. The molecular formula is C29H35BrF3N3O5. The highest BCUT2D eigenvalue weighted by atomic mass is 79.9. The maximum Gasteiger partial charge on any atom is 0.417 e. The highest BCUT2D eigenvalue weighted by Gasteiger charge is 2.59. The number of carbonyl (C=O) groups is 2. The monoisotopic (exact) mass is 641 g/mol. The van der Waals surface area contributed by atoms with Crippen LogP contribution in [-0.2, 0) is 27.0 Å². The van der Waals surface area contributed by atoms with Gasteiger partial charge >= 0.3 is 12.1 Å². The third-order valence-electron chi connectivity index (χ3n) is 7.83. The normalized spacial score (nSPS) is 25.3. The fourth-order valence-electron chi connectivity index (χ4n) is 6.06. The summed E-state index contributed by atoms with van der Waals surface area (Å²) in [5, 5.41) is 13.9. The van der Waals surface area contributed by atoms with E-state index in [1.807, 2.05) is 39.0 Å². The third kappa shape index (κ3) is 6.54. The zero-order valence-electron chi connectivity index (χ0n) is 23.4. The van der Waals surface area contributed by atoms with Gasteiger partial charge in [0.2, 0.25) is 5.88 Å². The summed E-state index contributed by atoms with van der Waals surface area (Å²) in [5.74, 6) is -2.18. The van der Waals surface area contributed by atoms with Gasteiger partial charge < -0.3 is 24.8 Å². The lowest BCUT2D eigenvalue weighted by atomic mass is 9.72. The van der Waals surface area contributed by atoms with Crippen LogP contribution in [0.4, 0.5) is 13.2 Å². The Labute approximate surface area is 245 Å². The van der Waals surface area contributed by atoms with Crippen LogP contribution < -0.4 is 10.1 Å². The Morgan fingerprint density at radius 1 is 1.22 bits per heavy atom. The molecule has 2 N–H and O–H groups in total. The fraction of sp³-hybridized carbons (Fsp3) is 0.552. The van der Waals surface area contributed by atoms with Crippen molar-refractivity contribution in [3.8, 4) is 5.88 Å². The molecule has 2 aliphatic heterocycles. The molecule has 4 rings (SSSR count). The molecule has 1 aromatic heterocycles. The number of rotatable bonds is 7. The Morgan fingerprint density at radius 2 is 1.93 bits per heavy atom. The first kappa shape index (κ1) is 31.2. The summed E-state index contributed by atoms with van der Waals surface area (Å²) in [6, 6.07) is 5.58. The van der Waals surface area contributed by atoms with Crippen LogP contribution in [0.3, 0.4) is 0 Å². The largest absolute Gasteiger partial charge is 0.481 e. The molecule has 12 heteroatoms. The number of aliphatic carboxylic acids is 1. The zero-order chi connectivity index (χ0) is 30.1. The smallest absolute Gasteiger partial charge is 0.417 e. The van der Waals surface area contributed by atoms with Crippen LogP contribution in [0.5, 0.6) is 5.88 Å². The maximum absolute atomic E-state index is 14.1. The minimum Gasteiger partial charge on any atom is -0.481 e. The molecular weight excluding hydrogens is 607 g/mol. The summed E-state index contributed by atoms with van der Waals surface area (Å²) in [7, 11) is 1.32. The summed E-state index contributed by atoms with van der Waals surface area (Å²) in [6.07, 6.45) is -2.58.